The van der Waals surface area contributed by atoms with Crippen molar-refractivity contribution in [2.75, 3.05) is 5.32 Å². The highest BCUT2D eigenvalue weighted by atomic mass is 32.1. The molecule has 5 heterocycles. The first-order valence-corrected chi connectivity index (χ1v) is 24.0. The average Bonchev–Trinajstić information content (AvgIpc) is 4.00. The monoisotopic (exact) mass is 849 g/mol. The van der Waals surface area contributed by atoms with Crippen LogP contribution in [0.1, 0.15) is 52.7 Å². The van der Waals surface area contributed by atoms with Crippen LogP contribution in [0.3, 0.4) is 0 Å². The van der Waals surface area contributed by atoms with E-state index in [9.17, 15) is 0 Å². The Morgan fingerprint density at radius 3 is 1.76 bits per heavy atom. The topological polar surface area (TPSA) is 17.0 Å². The van der Waals surface area contributed by atoms with Gasteiger partial charge in [0.1, 0.15) is 0 Å². The van der Waals surface area contributed by atoms with Gasteiger partial charge in [0.05, 0.1) is 5.52 Å². The van der Waals surface area contributed by atoms with E-state index < -0.39 is 0 Å². The lowest BCUT2D eigenvalue weighted by atomic mass is 9.59. The van der Waals surface area contributed by atoms with E-state index in [4.69, 9.17) is 0 Å². The van der Waals surface area contributed by atoms with Crippen molar-refractivity contribution >= 4 is 146 Å². The largest absolute Gasteiger partial charge is 0.355 e. The first-order valence-electron chi connectivity index (χ1n) is 21.6. The third kappa shape index (κ3) is 5.39. The van der Waals surface area contributed by atoms with Crippen molar-refractivity contribution in [3.8, 4) is 16.8 Å². The van der Waals surface area contributed by atoms with Gasteiger partial charge in [-0.15, -0.1) is 34.0 Å². The Hall–Kier alpha value is -5.92. The van der Waals surface area contributed by atoms with Gasteiger partial charge in [0.2, 0.25) is 0 Å². The summed E-state index contributed by atoms with van der Waals surface area (Å²) in [6, 6.07) is 53.4. The minimum absolute atomic E-state index is 0.0532. The van der Waals surface area contributed by atoms with Crippen molar-refractivity contribution in [3.63, 3.8) is 0 Å². The maximum Gasteiger partial charge on any atom is 0.197 e. The van der Waals surface area contributed by atoms with Gasteiger partial charge < -0.3 is 9.88 Å². The Balaban J connectivity index is 1.12. The fourth-order valence-corrected chi connectivity index (χ4v) is 13.4. The molecule has 0 unspecified atom stereocenters. The highest BCUT2D eigenvalue weighted by molar-refractivity contribution is 7.26. The Labute approximate surface area is 373 Å². The van der Waals surface area contributed by atoms with Crippen molar-refractivity contribution in [1.29, 1.82) is 0 Å². The number of aromatic nitrogens is 1. The summed E-state index contributed by atoms with van der Waals surface area (Å²) in [4.78, 5) is 0. The zero-order valence-corrected chi connectivity index (χ0v) is 38.0. The fourth-order valence-electron chi connectivity index (χ4n) is 10.0. The summed E-state index contributed by atoms with van der Waals surface area (Å²) in [6.07, 6.45) is 0. The van der Waals surface area contributed by atoms with Crippen LogP contribution in [0.4, 0.5) is 11.4 Å². The lowest BCUT2D eigenvalue weighted by molar-refractivity contribution is 0.590. The molecule has 1 N–H and O–H groups in total. The van der Waals surface area contributed by atoms with Crippen molar-refractivity contribution in [1.82, 2.24) is 4.57 Å². The van der Waals surface area contributed by atoms with Crippen molar-refractivity contribution < 1.29 is 0 Å². The number of fused-ring (bicyclic) bond motifs is 14. The zero-order chi connectivity index (χ0) is 41.8. The number of nitrogens with one attached hydrogen (secondary N) is 1. The van der Waals surface area contributed by atoms with Gasteiger partial charge in [-0.25, -0.2) is 0 Å². The fraction of sp³-hybridized carbons (Fsp3) is 0.143. The Kier molecular flexibility index (Phi) is 7.59. The lowest BCUT2D eigenvalue weighted by Gasteiger charge is -2.24. The van der Waals surface area contributed by atoms with Crippen LogP contribution >= 0.6 is 34.0 Å². The van der Waals surface area contributed by atoms with E-state index in [0.717, 1.165) is 11.4 Å². The molecule has 4 aromatic heterocycles. The predicted octanol–water partition coefficient (Wildman–Crippen LogP) is 15.9. The van der Waals surface area contributed by atoms with Gasteiger partial charge in [-0.3, -0.25) is 0 Å². The number of anilines is 2. The van der Waals surface area contributed by atoms with Gasteiger partial charge >= 0.3 is 0 Å². The maximum absolute atomic E-state index is 3.96. The van der Waals surface area contributed by atoms with E-state index in [-0.39, 0.29) is 10.8 Å². The van der Waals surface area contributed by atoms with Gasteiger partial charge in [-0.1, -0.05) is 114 Å². The molecule has 2 nitrogen and oxygen atoms in total. The molecule has 0 aliphatic carbocycles. The maximum atomic E-state index is 3.96. The second-order valence-electron chi connectivity index (χ2n) is 19.3. The molecular weight excluding hydrogens is 808 g/mol. The zero-order valence-electron chi connectivity index (χ0n) is 35.5. The van der Waals surface area contributed by atoms with Gasteiger partial charge in [0.25, 0.3) is 0 Å². The van der Waals surface area contributed by atoms with Crippen LogP contribution < -0.4 is 16.2 Å². The molecule has 0 fully saturated rings. The van der Waals surface area contributed by atoms with Crippen LogP contribution in [-0.4, -0.2) is 11.8 Å². The number of hydrogen-bond acceptors (Lipinski definition) is 4. The minimum atomic E-state index is 0.0532. The van der Waals surface area contributed by atoms with Gasteiger partial charge in [0, 0.05) is 99.4 Å². The van der Waals surface area contributed by atoms with E-state index in [0.29, 0.717) is 0 Å². The standard InChI is InChI=1S/C56H42BN2S3/c1-55(2,3)30-15-18-32(19-16-30)58-44-29-52-40(39-23-31(56(4,5)6)17-22-49(39)62-52)24-37(44)35-20-21-36-38-27-50-41(33-11-7-9-13-47(33)60-50)25-45(38)59-46-26-42-34-12-8-10-14-48(34)61-51(42)28-43(46)57-53(35)54(36)59/h7-29,58H,1-6H3. The SMILES string of the molecule is CC(C)(C)c1ccc(Nc2cc3sc4ccc(C(C)(C)C)cc4c3cc2-c2ccc3c4cc5sc6ccccc6c5cc4n4c3c2[B]c2cc3sc5ccccc5c3cc2-4)cc1. The van der Waals surface area contributed by atoms with Crippen molar-refractivity contribution in [2.45, 2.75) is 52.4 Å². The van der Waals surface area contributed by atoms with Crippen molar-refractivity contribution in [3.05, 3.63) is 151 Å². The molecule has 1 aliphatic heterocycles. The summed E-state index contributed by atoms with van der Waals surface area (Å²) in [7, 11) is 2.49. The van der Waals surface area contributed by atoms with Crippen LogP contribution in [0.15, 0.2) is 140 Å². The molecule has 0 bridgehead atoms. The average molecular weight is 850 g/mol. The van der Waals surface area contributed by atoms with Crippen molar-refractivity contribution in [2.24, 2.45) is 0 Å². The van der Waals surface area contributed by atoms with E-state index >= 15 is 0 Å². The second kappa shape index (κ2) is 12.8. The number of nitrogens with zero attached hydrogens (tertiary/aromatic N) is 1. The molecule has 1 aliphatic rings. The molecule has 13 rings (SSSR count). The molecule has 12 aromatic rings. The summed E-state index contributed by atoms with van der Waals surface area (Å²) in [5.74, 6) is 0. The molecule has 0 atom stereocenters. The summed E-state index contributed by atoms with van der Waals surface area (Å²) < 4.78 is 10.5. The smallest absolute Gasteiger partial charge is 0.197 e. The highest BCUT2D eigenvalue weighted by Crippen LogP contribution is 2.46. The van der Waals surface area contributed by atoms with E-state index in [2.05, 4.69) is 198 Å². The molecule has 0 spiro atoms. The van der Waals surface area contributed by atoms with Gasteiger partial charge in [-0.2, -0.15) is 0 Å². The van der Waals surface area contributed by atoms with Crippen LogP contribution in [0.5, 0.6) is 0 Å². The van der Waals surface area contributed by atoms with E-state index in [1.165, 1.54) is 121 Å². The Morgan fingerprint density at radius 2 is 1.05 bits per heavy atom. The summed E-state index contributed by atoms with van der Waals surface area (Å²) in [5, 5.41) is 14.5. The van der Waals surface area contributed by atoms with Crippen LogP contribution in [0, 0.1) is 0 Å². The summed E-state index contributed by atoms with van der Waals surface area (Å²) in [5.41, 5.74) is 13.8. The number of benzene rings is 8. The molecular formula is C56H42BN2S3. The molecule has 1 radical (unpaired) electrons. The summed E-state index contributed by atoms with van der Waals surface area (Å²) in [6.45, 7) is 13.8. The molecule has 0 saturated heterocycles. The first kappa shape index (κ1) is 36.7. The van der Waals surface area contributed by atoms with Gasteiger partial charge in [-0.05, 0) is 106 Å². The molecule has 8 aromatic carbocycles. The number of hydrogen-bond donors (Lipinski definition) is 1. The normalized spacial score (nSPS) is 13.1. The van der Waals surface area contributed by atoms with Crippen LogP contribution in [0.2, 0.25) is 0 Å². The number of rotatable bonds is 3. The highest BCUT2D eigenvalue weighted by Gasteiger charge is 2.29. The van der Waals surface area contributed by atoms with Crippen LogP contribution in [-0.2, 0) is 10.8 Å². The Morgan fingerprint density at radius 1 is 0.452 bits per heavy atom. The van der Waals surface area contributed by atoms with Gasteiger partial charge in [0.15, 0.2) is 7.28 Å². The third-order valence-electron chi connectivity index (χ3n) is 13.3. The first-order chi connectivity index (χ1) is 29.9. The Bertz CT molecular complexity index is 3880. The molecule has 6 heteroatoms. The molecule has 297 valence electrons. The lowest BCUT2D eigenvalue weighted by Crippen LogP contribution is -2.37. The molecule has 0 amide bonds. The van der Waals surface area contributed by atoms with E-state index in [1.807, 2.05) is 34.0 Å². The van der Waals surface area contributed by atoms with Crippen LogP contribution in [0.25, 0.3) is 99.1 Å². The van der Waals surface area contributed by atoms with E-state index in [1.54, 1.807) is 0 Å². The second-order valence-corrected chi connectivity index (χ2v) is 22.5. The molecule has 62 heavy (non-hydrogen) atoms. The third-order valence-corrected chi connectivity index (χ3v) is 16.7. The number of thiophene rings is 3. The predicted molar refractivity (Wildman–Crippen MR) is 277 cm³/mol. The quantitative estimate of drug-likeness (QED) is 0.175. The molecule has 0 saturated carbocycles. The summed E-state index contributed by atoms with van der Waals surface area (Å²) >= 11 is 5.68. The minimum Gasteiger partial charge on any atom is -0.355 e.